The number of thiophene rings is 1. The Morgan fingerprint density at radius 3 is 2.28 bits per heavy atom. The summed E-state index contributed by atoms with van der Waals surface area (Å²) in [6.45, 7) is 3.81. The number of ether oxygens (including phenoxy) is 2. The van der Waals surface area contributed by atoms with Crippen LogP contribution in [0.2, 0.25) is 0 Å². The molecule has 4 heterocycles. The third-order valence-corrected chi connectivity index (χ3v) is 5.70. The quantitative estimate of drug-likeness (QED) is 0.551. The van der Waals surface area contributed by atoms with Crippen molar-refractivity contribution in [3.8, 4) is 5.88 Å². The number of carbonyl (C=O) groups is 2. The SMILES string of the molecule is O=C(O)C(F)(F)F.O=C(O)C(F)(F)F.c1ccc(O[C@H]2CO[C@@]3(CCN(Cc4ccsc4)C3)C2)nc1. The summed E-state index contributed by atoms with van der Waals surface area (Å²) in [5.74, 6) is -4.82. The number of likely N-dealkylation sites (tertiary alicyclic amines) is 1. The number of nitrogens with zero attached hydrogens (tertiary/aromatic N) is 2. The van der Waals surface area contributed by atoms with Gasteiger partial charge in [-0.3, -0.25) is 4.90 Å². The number of carboxylic acids is 2. The molecule has 15 heteroatoms. The topological polar surface area (TPSA) is 109 Å². The van der Waals surface area contributed by atoms with E-state index in [2.05, 4.69) is 26.7 Å². The Morgan fingerprint density at radius 1 is 1.14 bits per heavy atom. The van der Waals surface area contributed by atoms with Gasteiger partial charge in [0.15, 0.2) is 0 Å². The van der Waals surface area contributed by atoms with Gasteiger partial charge in [-0.25, -0.2) is 14.6 Å². The fourth-order valence-corrected chi connectivity index (χ4v) is 4.11. The average molecular weight is 544 g/mol. The number of aromatic nitrogens is 1. The number of halogens is 6. The van der Waals surface area contributed by atoms with Crippen molar-refractivity contribution in [2.45, 2.75) is 43.4 Å². The number of pyridine rings is 1. The van der Waals surface area contributed by atoms with E-state index >= 15 is 0 Å². The van der Waals surface area contributed by atoms with Crippen molar-refractivity contribution in [1.82, 2.24) is 9.88 Å². The highest BCUT2D eigenvalue weighted by Crippen LogP contribution is 2.37. The Labute approximate surface area is 205 Å². The third kappa shape index (κ3) is 9.62. The van der Waals surface area contributed by atoms with Crippen molar-refractivity contribution in [3.63, 3.8) is 0 Å². The van der Waals surface area contributed by atoms with Crippen LogP contribution in [0.5, 0.6) is 5.88 Å². The van der Waals surface area contributed by atoms with Crippen LogP contribution in [0, 0.1) is 0 Å². The van der Waals surface area contributed by atoms with E-state index in [9.17, 15) is 26.3 Å². The minimum absolute atomic E-state index is 0.0184. The molecule has 0 amide bonds. The molecule has 200 valence electrons. The standard InChI is InChI=1S/C17H20N2O2S.2C2HF3O2/c1-2-6-18-16(3-1)21-15-9-17(20-11-15)5-7-19(13-17)10-14-4-8-22-12-14;2*3-2(4,5)1(6)7/h1-4,6,8,12,15H,5,7,9-11,13H2;2*(H,6,7)/t15-,17+;;/m1../s1. The highest BCUT2D eigenvalue weighted by molar-refractivity contribution is 7.07. The van der Waals surface area contributed by atoms with Crippen molar-refractivity contribution < 1.29 is 55.6 Å². The second-order valence-corrected chi connectivity index (χ2v) is 8.58. The molecule has 2 aliphatic rings. The molecule has 2 saturated heterocycles. The summed E-state index contributed by atoms with van der Waals surface area (Å²) < 4.78 is 75.6. The zero-order valence-electron chi connectivity index (χ0n) is 18.5. The van der Waals surface area contributed by atoms with Gasteiger partial charge < -0.3 is 19.7 Å². The fraction of sp³-hybridized carbons (Fsp3) is 0.476. The predicted octanol–water partition coefficient (Wildman–Crippen LogP) is 4.22. The zero-order valence-corrected chi connectivity index (χ0v) is 19.3. The molecule has 2 atom stereocenters. The van der Waals surface area contributed by atoms with E-state index in [1.165, 1.54) is 5.56 Å². The van der Waals surface area contributed by atoms with Gasteiger partial charge in [0.05, 0.1) is 12.2 Å². The molecule has 8 nitrogen and oxygen atoms in total. The fourth-order valence-electron chi connectivity index (χ4n) is 3.45. The molecule has 36 heavy (non-hydrogen) atoms. The van der Waals surface area contributed by atoms with Gasteiger partial charge >= 0.3 is 24.3 Å². The van der Waals surface area contributed by atoms with Gasteiger partial charge in [0.25, 0.3) is 0 Å². The second-order valence-electron chi connectivity index (χ2n) is 7.80. The van der Waals surface area contributed by atoms with Crippen LogP contribution in [0.25, 0.3) is 0 Å². The highest BCUT2D eigenvalue weighted by Gasteiger charge is 2.46. The van der Waals surface area contributed by atoms with E-state index in [4.69, 9.17) is 29.3 Å². The summed E-state index contributed by atoms with van der Waals surface area (Å²) in [6, 6.07) is 7.96. The summed E-state index contributed by atoms with van der Waals surface area (Å²) in [4.78, 5) is 24.5. The van der Waals surface area contributed by atoms with E-state index in [1.54, 1.807) is 17.5 Å². The largest absolute Gasteiger partial charge is 0.490 e. The van der Waals surface area contributed by atoms with E-state index in [1.807, 2.05) is 18.2 Å². The number of hydrogen-bond acceptors (Lipinski definition) is 7. The second kappa shape index (κ2) is 12.4. The Bertz CT molecular complexity index is 950. The van der Waals surface area contributed by atoms with Crippen LogP contribution in [-0.4, -0.2) is 75.8 Å². The molecule has 0 bridgehead atoms. The molecule has 4 rings (SSSR count). The van der Waals surface area contributed by atoms with E-state index in [-0.39, 0.29) is 11.7 Å². The Hall–Kier alpha value is -2.91. The third-order valence-electron chi connectivity index (χ3n) is 4.97. The summed E-state index contributed by atoms with van der Waals surface area (Å²) in [6.07, 6.45) is -6.22. The number of hydrogen-bond donors (Lipinski definition) is 2. The van der Waals surface area contributed by atoms with Gasteiger partial charge in [-0.1, -0.05) is 6.07 Å². The number of carboxylic acid groups (broad SMARTS) is 2. The maximum Gasteiger partial charge on any atom is 0.490 e. The summed E-state index contributed by atoms with van der Waals surface area (Å²) >= 11 is 1.76. The van der Waals surface area contributed by atoms with Crippen LogP contribution in [0.3, 0.4) is 0 Å². The highest BCUT2D eigenvalue weighted by atomic mass is 32.1. The maximum atomic E-state index is 10.6. The lowest BCUT2D eigenvalue weighted by Gasteiger charge is -2.23. The van der Waals surface area contributed by atoms with Crippen molar-refractivity contribution in [1.29, 1.82) is 0 Å². The Kier molecular flexibility index (Phi) is 10.1. The van der Waals surface area contributed by atoms with Crippen molar-refractivity contribution in [3.05, 3.63) is 46.8 Å². The lowest BCUT2D eigenvalue weighted by atomic mass is 9.98. The first kappa shape index (κ1) is 29.3. The van der Waals surface area contributed by atoms with Gasteiger partial charge in [-0.15, -0.1) is 0 Å². The van der Waals surface area contributed by atoms with E-state index in [0.29, 0.717) is 12.5 Å². The maximum absolute atomic E-state index is 10.6. The van der Waals surface area contributed by atoms with Crippen LogP contribution in [0.1, 0.15) is 18.4 Å². The molecule has 2 aliphatic heterocycles. The van der Waals surface area contributed by atoms with Crippen molar-refractivity contribution in [2.24, 2.45) is 0 Å². The molecule has 2 aromatic rings. The average Bonchev–Trinajstić information content (AvgIpc) is 3.52. The monoisotopic (exact) mass is 544 g/mol. The summed E-state index contributed by atoms with van der Waals surface area (Å²) in [5, 5.41) is 18.6. The minimum Gasteiger partial charge on any atom is -0.475 e. The molecule has 0 saturated carbocycles. The van der Waals surface area contributed by atoms with Gasteiger partial charge in [0.2, 0.25) is 5.88 Å². The van der Waals surface area contributed by atoms with Gasteiger partial charge in [-0.05, 0) is 34.9 Å². The van der Waals surface area contributed by atoms with Gasteiger partial charge in [0, 0.05) is 38.3 Å². The first-order valence-electron chi connectivity index (χ1n) is 10.3. The van der Waals surface area contributed by atoms with Crippen molar-refractivity contribution in [2.75, 3.05) is 19.7 Å². The van der Waals surface area contributed by atoms with Crippen LogP contribution >= 0.6 is 11.3 Å². The van der Waals surface area contributed by atoms with Crippen LogP contribution < -0.4 is 4.74 Å². The summed E-state index contributed by atoms with van der Waals surface area (Å²) in [5.41, 5.74) is 1.39. The van der Waals surface area contributed by atoms with E-state index in [0.717, 1.165) is 32.5 Å². The molecule has 1 spiro atoms. The number of aliphatic carboxylic acids is 2. The Balaban J connectivity index is 0.000000271. The lowest BCUT2D eigenvalue weighted by Crippen LogP contribution is -2.33. The van der Waals surface area contributed by atoms with Crippen LogP contribution in [-0.2, 0) is 20.9 Å². The molecular weight excluding hydrogens is 522 g/mol. The first-order chi connectivity index (χ1) is 16.7. The number of alkyl halides is 6. The van der Waals surface area contributed by atoms with Crippen molar-refractivity contribution >= 4 is 23.3 Å². The number of rotatable bonds is 4. The molecule has 0 radical (unpaired) electrons. The molecule has 0 aliphatic carbocycles. The smallest absolute Gasteiger partial charge is 0.475 e. The molecule has 2 aromatic heterocycles. The predicted molar refractivity (Wildman–Crippen MR) is 114 cm³/mol. The van der Waals surface area contributed by atoms with Gasteiger partial charge in [-0.2, -0.15) is 37.7 Å². The van der Waals surface area contributed by atoms with Crippen LogP contribution in [0.4, 0.5) is 26.3 Å². The normalized spacial score (nSPS) is 21.8. The van der Waals surface area contributed by atoms with Crippen LogP contribution in [0.15, 0.2) is 41.2 Å². The molecule has 2 N–H and O–H groups in total. The molecule has 0 unspecified atom stereocenters. The minimum atomic E-state index is -5.08. The molecular formula is C21H22F6N2O6S. The first-order valence-corrected chi connectivity index (χ1v) is 11.2. The lowest BCUT2D eigenvalue weighted by molar-refractivity contribution is -0.193. The van der Waals surface area contributed by atoms with E-state index < -0.39 is 24.3 Å². The Morgan fingerprint density at radius 2 is 1.78 bits per heavy atom. The zero-order chi connectivity index (χ0) is 27.0. The molecule has 0 aromatic carbocycles. The van der Waals surface area contributed by atoms with Gasteiger partial charge in [0.1, 0.15) is 6.10 Å². The molecule has 2 fully saturated rings. The summed E-state index contributed by atoms with van der Waals surface area (Å²) in [7, 11) is 0.